The highest BCUT2D eigenvalue weighted by Gasteiger charge is 2.09. The number of aliphatic hydroxyl groups excluding tert-OH is 1. The lowest BCUT2D eigenvalue weighted by Crippen LogP contribution is -2.01. The number of hydrogen-bond acceptors (Lipinski definition) is 6. The fourth-order valence-corrected chi connectivity index (χ4v) is 2.89. The van der Waals surface area contributed by atoms with Crippen LogP contribution < -0.4 is 5.32 Å². The third-order valence-corrected chi connectivity index (χ3v) is 4.47. The summed E-state index contributed by atoms with van der Waals surface area (Å²) in [5.41, 5.74) is 3.57. The molecule has 0 aliphatic heterocycles. The van der Waals surface area contributed by atoms with Crippen LogP contribution in [0.4, 0.5) is 5.69 Å². The lowest BCUT2D eigenvalue weighted by molar-refractivity contribution is 0.101. The van der Waals surface area contributed by atoms with Crippen LogP contribution in [0.1, 0.15) is 28.8 Å². The smallest absolute Gasteiger partial charge is 0.174 e. The van der Waals surface area contributed by atoms with Crippen LogP contribution in [0.25, 0.3) is 11.1 Å². The van der Waals surface area contributed by atoms with Gasteiger partial charge in [-0.1, -0.05) is 48.6 Å². The first-order chi connectivity index (χ1) is 13.0. The quantitative estimate of drug-likeness (QED) is 0.424. The van der Waals surface area contributed by atoms with Gasteiger partial charge in [-0.25, -0.2) is 0 Å². The Bertz CT molecular complexity index is 1010. The van der Waals surface area contributed by atoms with Crippen molar-refractivity contribution in [2.75, 3.05) is 5.32 Å². The zero-order valence-electron chi connectivity index (χ0n) is 14.7. The molecule has 0 amide bonds. The van der Waals surface area contributed by atoms with Gasteiger partial charge in [0.25, 0.3) is 0 Å². The fraction of sp³-hybridized carbons (Fsp3) is 0.143. The molecule has 0 bridgehead atoms. The Morgan fingerprint density at radius 3 is 2.22 bits per heavy atom. The monoisotopic (exact) mass is 381 g/mol. The third kappa shape index (κ3) is 4.42. The van der Waals surface area contributed by atoms with E-state index in [0.29, 0.717) is 11.3 Å². The lowest BCUT2D eigenvalue weighted by atomic mass is 10.0. The van der Waals surface area contributed by atoms with Crippen molar-refractivity contribution < 1.29 is 19.4 Å². The van der Waals surface area contributed by atoms with E-state index in [1.54, 1.807) is 6.92 Å². The van der Waals surface area contributed by atoms with Crippen LogP contribution >= 0.6 is 12.2 Å². The largest absolute Gasteiger partial charge is 0.503 e. The summed E-state index contributed by atoms with van der Waals surface area (Å²) in [6, 6.07) is 16.6. The average Bonchev–Trinajstić information content (AvgIpc) is 2.69. The van der Waals surface area contributed by atoms with Crippen molar-refractivity contribution in [3.05, 3.63) is 76.2 Å². The van der Waals surface area contributed by atoms with E-state index in [0.717, 1.165) is 16.8 Å². The summed E-state index contributed by atoms with van der Waals surface area (Å²) in [7, 11) is 0. The molecule has 5 nitrogen and oxygen atoms in total. The molecule has 0 atom stereocenters. The molecule has 27 heavy (non-hydrogen) atoms. The van der Waals surface area contributed by atoms with E-state index in [1.807, 2.05) is 48.5 Å². The van der Waals surface area contributed by atoms with Crippen molar-refractivity contribution in [3.63, 3.8) is 0 Å². The van der Waals surface area contributed by atoms with Gasteiger partial charge in [0.1, 0.15) is 12.4 Å². The van der Waals surface area contributed by atoms with Crippen molar-refractivity contribution in [1.29, 1.82) is 0 Å². The van der Waals surface area contributed by atoms with E-state index in [2.05, 4.69) is 5.32 Å². The van der Waals surface area contributed by atoms with Crippen molar-refractivity contribution in [2.45, 2.75) is 20.1 Å². The highest BCUT2D eigenvalue weighted by molar-refractivity contribution is 7.71. The number of Topliss-reactive ketones (excluding diaryl/α,β-unsaturated/α-hetero) is 1. The molecule has 3 aromatic rings. The Morgan fingerprint density at radius 2 is 1.67 bits per heavy atom. The first kappa shape index (κ1) is 18.8. The average molecular weight is 381 g/mol. The number of aliphatic hydroxyl groups is 1. The van der Waals surface area contributed by atoms with E-state index in [1.165, 1.54) is 6.07 Å². The number of hydrogen-bond donors (Lipinski definition) is 3. The number of carbonyl (C=O) groups excluding carboxylic acids is 1. The standard InChI is InChI=1S/C21H19NO4S/c1-13(24)14-2-4-15(5-3-14)16-6-8-17(9-7-16)22-11-19-21(25)20(27)10-18(12-23)26-19/h2-10,22-23,25H,11-12H2,1H3. The van der Waals surface area contributed by atoms with Gasteiger partial charge in [0.15, 0.2) is 17.3 Å². The number of carbonyl (C=O) groups is 1. The maximum absolute atomic E-state index is 11.4. The molecule has 1 heterocycles. The minimum absolute atomic E-state index is 0.0438. The number of benzene rings is 2. The van der Waals surface area contributed by atoms with Crippen LogP contribution in [0.5, 0.6) is 5.75 Å². The molecule has 0 spiro atoms. The molecular weight excluding hydrogens is 362 g/mol. The Hall–Kier alpha value is -2.96. The van der Waals surface area contributed by atoms with Crippen LogP contribution in [0.15, 0.2) is 59.0 Å². The van der Waals surface area contributed by atoms with Gasteiger partial charge in [0.05, 0.1) is 11.1 Å². The van der Waals surface area contributed by atoms with Gasteiger partial charge in [0.2, 0.25) is 0 Å². The summed E-state index contributed by atoms with van der Waals surface area (Å²) in [6.07, 6.45) is 0. The highest BCUT2D eigenvalue weighted by Crippen LogP contribution is 2.25. The lowest BCUT2D eigenvalue weighted by Gasteiger charge is -2.10. The first-order valence-electron chi connectivity index (χ1n) is 8.39. The van der Waals surface area contributed by atoms with Crippen LogP contribution in [0.2, 0.25) is 0 Å². The molecular formula is C21H19NO4S. The molecule has 0 radical (unpaired) electrons. The van der Waals surface area contributed by atoms with E-state index >= 15 is 0 Å². The van der Waals surface area contributed by atoms with Crippen LogP contribution in [-0.2, 0) is 13.2 Å². The van der Waals surface area contributed by atoms with Crippen molar-refractivity contribution in [1.82, 2.24) is 0 Å². The van der Waals surface area contributed by atoms with Crippen molar-refractivity contribution in [2.24, 2.45) is 0 Å². The molecule has 0 aliphatic carbocycles. The normalized spacial score (nSPS) is 10.6. The maximum atomic E-state index is 11.4. The molecule has 6 heteroatoms. The molecule has 2 aromatic carbocycles. The van der Waals surface area contributed by atoms with Gasteiger partial charge in [-0.3, -0.25) is 4.79 Å². The number of aromatic hydroxyl groups is 1. The molecule has 0 fully saturated rings. The number of rotatable bonds is 6. The molecule has 0 unspecified atom stereocenters. The Balaban J connectivity index is 1.72. The number of nitrogens with one attached hydrogen (secondary N) is 1. The molecule has 0 aliphatic rings. The summed E-state index contributed by atoms with van der Waals surface area (Å²) in [5.74, 6) is 0.522. The predicted octanol–water partition coefficient (Wildman–Crippen LogP) is 4.69. The fourth-order valence-electron chi connectivity index (χ4n) is 2.65. The van der Waals surface area contributed by atoms with E-state index < -0.39 is 0 Å². The Kier molecular flexibility index (Phi) is 5.69. The zero-order valence-corrected chi connectivity index (χ0v) is 15.5. The predicted molar refractivity (Wildman–Crippen MR) is 106 cm³/mol. The van der Waals surface area contributed by atoms with E-state index in [9.17, 15) is 15.0 Å². The minimum Gasteiger partial charge on any atom is -0.503 e. The second kappa shape index (κ2) is 8.16. The van der Waals surface area contributed by atoms with Crippen LogP contribution in [0, 0.1) is 4.51 Å². The van der Waals surface area contributed by atoms with Gasteiger partial charge in [0, 0.05) is 17.3 Å². The van der Waals surface area contributed by atoms with Crippen molar-refractivity contribution >= 4 is 23.7 Å². The van der Waals surface area contributed by atoms with Crippen molar-refractivity contribution in [3.8, 4) is 16.9 Å². The SMILES string of the molecule is CC(=O)c1ccc(-c2ccc(NCc3oc(CO)cc(=S)c3O)cc2)cc1. The maximum Gasteiger partial charge on any atom is 0.174 e. The molecule has 3 N–H and O–H groups in total. The molecule has 1 aromatic heterocycles. The zero-order chi connectivity index (χ0) is 19.4. The number of ketones is 1. The topological polar surface area (TPSA) is 82.7 Å². The second-order valence-electron chi connectivity index (χ2n) is 6.07. The molecule has 0 saturated heterocycles. The minimum atomic E-state index is -0.284. The Morgan fingerprint density at radius 1 is 1.07 bits per heavy atom. The second-order valence-corrected chi connectivity index (χ2v) is 6.51. The molecule has 0 saturated carbocycles. The molecule has 138 valence electrons. The van der Waals surface area contributed by atoms with E-state index in [4.69, 9.17) is 16.6 Å². The van der Waals surface area contributed by atoms with Gasteiger partial charge in [-0.15, -0.1) is 0 Å². The van der Waals surface area contributed by atoms with Crippen LogP contribution in [0.3, 0.4) is 0 Å². The first-order valence-corrected chi connectivity index (χ1v) is 8.80. The third-order valence-electron chi connectivity index (χ3n) is 4.16. The van der Waals surface area contributed by atoms with Crippen LogP contribution in [-0.4, -0.2) is 16.0 Å². The summed E-state index contributed by atoms with van der Waals surface area (Å²) in [5, 5.41) is 22.4. The van der Waals surface area contributed by atoms with E-state index in [-0.39, 0.29) is 35.0 Å². The Labute approximate surface area is 161 Å². The van der Waals surface area contributed by atoms with Gasteiger partial charge >= 0.3 is 0 Å². The molecule has 3 rings (SSSR count). The number of anilines is 1. The van der Waals surface area contributed by atoms with Gasteiger partial charge in [-0.05, 0) is 30.2 Å². The summed E-state index contributed by atoms with van der Waals surface area (Å²) < 4.78 is 5.67. The summed E-state index contributed by atoms with van der Waals surface area (Å²) in [6.45, 7) is 1.49. The summed E-state index contributed by atoms with van der Waals surface area (Å²) in [4.78, 5) is 11.4. The van der Waals surface area contributed by atoms with Gasteiger partial charge < -0.3 is 19.9 Å². The highest BCUT2D eigenvalue weighted by atomic mass is 32.1. The van der Waals surface area contributed by atoms with Gasteiger partial charge in [-0.2, -0.15) is 0 Å². The summed E-state index contributed by atoms with van der Waals surface area (Å²) >= 11 is 5.05.